The van der Waals surface area contributed by atoms with Gasteiger partial charge in [0.05, 0.1) is 0 Å². The SMILES string of the molecule is C.C1C[S][Bi]([S]CC[S][Bi]2[S]CC[S]2)[S]1.CCO[I-]I.I.O=[N+]([O-])[O][Bi]([O][N+](=O)[O-])[O][N+](=O)[O-].SCCS. The van der Waals surface area contributed by atoms with Crippen molar-refractivity contribution in [3.63, 3.8) is 0 Å². The molecular weight excluding hydrogens is 1600 g/mol. The summed E-state index contributed by atoms with van der Waals surface area (Å²) >= 11 is 3.41. The molecule has 0 bridgehead atoms. The van der Waals surface area contributed by atoms with Crippen LogP contribution in [0.2, 0.25) is 0 Å². The number of thiol groups is 2. The van der Waals surface area contributed by atoms with Crippen LogP contribution in [0.3, 0.4) is 0 Å². The fraction of sp³-hybridized carbons (Fsp3) is 1.00. The Balaban J connectivity index is -0.000000223. The van der Waals surface area contributed by atoms with Crippen LogP contribution in [0.25, 0.3) is 0 Å². The van der Waals surface area contributed by atoms with E-state index >= 15 is 0 Å². The number of hydrogen-bond donors (Lipinski definition) is 2. The van der Waals surface area contributed by atoms with Crippen molar-refractivity contribution in [1.29, 1.82) is 0 Å². The van der Waals surface area contributed by atoms with Gasteiger partial charge in [0.1, 0.15) is 0 Å². The van der Waals surface area contributed by atoms with Crippen LogP contribution in [-0.2, 0) is 11.8 Å². The predicted octanol–water partition coefficient (Wildman–Crippen LogP) is 2.46. The van der Waals surface area contributed by atoms with Crippen LogP contribution in [0.1, 0.15) is 14.4 Å². The fourth-order valence-electron chi connectivity index (χ4n) is 1.14. The van der Waals surface area contributed by atoms with Crippen LogP contribution in [0.15, 0.2) is 0 Å². The number of halogens is 3. The molecular formula is C11H28Bi3I3N3O10S8-. The van der Waals surface area contributed by atoms with Crippen molar-refractivity contribution in [2.75, 3.05) is 52.6 Å². The molecule has 0 radical (unpaired) electrons. The van der Waals surface area contributed by atoms with Crippen molar-refractivity contribution in [2.24, 2.45) is 0 Å². The molecule has 0 aromatic heterocycles. The average molecular weight is 1630 g/mol. The fourth-order valence-corrected chi connectivity index (χ4v) is 74.3. The third kappa shape index (κ3) is 39.2. The molecule has 232 valence electrons. The van der Waals surface area contributed by atoms with Crippen LogP contribution in [-0.4, -0.2) is 126 Å². The maximum Gasteiger partial charge on any atom is -0.000932 e. The van der Waals surface area contributed by atoms with Gasteiger partial charge in [0.2, 0.25) is 0 Å². The van der Waals surface area contributed by atoms with E-state index in [-0.39, 0.29) is 49.0 Å². The maximum absolute atomic E-state index is 9.60. The van der Waals surface area contributed by atoms with Gasteiger partial charge in [-0.25, -0.2) is 0 Å². The first kappa shape index (κ1) is 50.1. The van der Waals surface area contributed by atoms with E-state index in [1.54, 1.807) is 0 Å². The van der Waals surface area contributed by atoms with Gasteiger partial charge in [0.25, 0.3) is 0 Å². The van der Waals surface area contributed by atoms with Gasteiger partial charge in [0, 0.05) is 0 Å². The van der Waals surface area contributed by atoms with Gasteiger partial charge in [-0.3, -0.25) is 0 Å². The van der Waals surface area contributed by atoms with Crippen molar-refractivity contribution in [3.05, 3.63) is 30.3 Å². The minimum Gasteiger partial charge on any atom is -0.179 e. The number of rotatable bonds is 14. The minimum absolute atomic E-state index is 0. The van der Waals surface area contributed by atoms with Crippen LogP contribution in [0.5, 0.6) is 0 Å². The summed E-state index contributed by atoms with van der Waals surface area (Å²) in [6.07, 6.45) is 0. The van der Waals surface area contributed by atoms with E-state index in [1.807, 2.05) is 6.92 Å². The molecule has 2 saturated heterocycles. The molecule has 2 aliphatic rings. The molecule has 0 spiro atoms. The van der Waals surface area contributed by atoms with Crippen molar-refractivity contribution < 1.29 is 44.7 Å². The molecule has 0 N–H and O–H groups in total. The zero-order valence-corrected chi connectivity index (χ0v) is 42.4. The zero-order chi connectivity index (χ0) is 27.6. The summed E-state index contributed by atoms with van der Waals surface area (Å²) in [4.78, 5) is 28.8. The summed E-state index contributed by atoms with van der Waals surface area (Å²) < 4.78 is 15.3. The molecule has 0 amide bonds. The zero-order valence-electron chi connectivity index (χ0n) is 18.6. The molecule has 2 heterocycles. The van der Waals surface area contributed by atoms with E-state index in [1.165, 1.54) is 34.5 Å². The predicted molar refractivity (Wildman–Crippen MR) is 192 cm³/mol. The Bertz CT molecular complexity index is 528. The van der Waals surface area contributed by atoms with Gasteiger partial charge in [-0.15, -0.1) is 24.0 Å². The van der Waals surface area contributed by atoms with Crippen molar-refractivity contribution in [2.45, 2.75) is 14.4 Å². The van der Waals surface area contributed by atoms with E-state index in [9.17, 15) is 30.3 Å². The Labute approximate surface area is 312 Å². The quantitative estimate of drug-likeness (QED) is 0.0651. The Kier molecular flexibility index (Phi) is 50.6. The van der Waals surface area contributed by atoms with Gasteiger partial charge in [-0.05, 0) is 11.5 Å². The first-order chi connectivity index (χ1) is 17.2. The summed E-state index contributed by atoms with van der Waals surface area (Å²) in [6.45, 7) is 2.90. The topological polar surface area (TPSA) is 166 Å². The van der Waals surface area contributed by atoms with Crippen molar-refractivity contribution in [1.82, 2.24) is 0 Å². The van der Waals surface area contributed by atoms with E-state index in [0.717, 1.165) is 18.1 Å². The summed E-state index contributed by atoms with van der Waals surface area (Å²) in [5, 5.41) is 24.4. The molecule has 0 aromatic carbocycles. The second kappa shape index (κ2) is 38.4. The third-order valence-electron chi connectivity index (χ3n) is 2.08. The second-order valence-electron chi connectivity index (χ2n) is 4.49. The average Bonchev–Trinajstić information content (AvgIpc) is 3.51. The molecule has 2 fully saturated rings. The monoisotopic (exact) mass is 1630 g/mol. The maximum atomic E-state index is 9.60. The molecule has 2 rings (SSSR count). The summed E-state index contributed by atoms with van der Waals surface area (Å²) in [7, 11) is 14.2. The summed E-state index contributed by atoms with van der Waals surface area (Å²) in [5.74, 6) is 10.6. The first-order valence-electron chi connectivity index (χ1n) is 8.94. The molecule has 0 saturated carbocycles. The van der Waals surface area contributed by atoms with Crippen LogP contribution < -0.4 is 17.6 Å². The molecule has 2 aliphatic heterocycles. The van der Waals surface area contributed by atoms with Crippen molar-refractivity contribution >= 4 is 177 Å². The molecule has 27 heteroatoms. The van der Waals surface area contributed by atoms with Crippen LogP contribution in [0, 0.1) is 30.3 Å². The van der Waals surface area contributed by atoms with Crippen LogP contribution in [0.4, 0.5) is 0 Å². The third-order valence-corrected chi connectivity index (χ3v) is 73.6. The number of nitrogens with zero attached hydrogens (tertiary/aromatic N) is 3. The Morgan fingerprint density at radius 3 is 1.37 bits per heavy atom. The molecule has 0 aliphatic carbocycles. The van der Waals surface area contributed by atoms with Crippen molar-refractivity contribution in [3.8, 4) is 0 Å². The van der Waals surface area contributed by atoms with E-state index < -0.39 is 73.0 Å². The number of hydrogen-bond acceptors (Lipinski definition) is 18. The summed E-state index contributed by atoms with van der Waals surface area (Å²) in [6, 6.07) is 0. The normalized spacial score (nSPS) is 14.2. The molecule has 0 unspecified atom stereocenters. The Hall–Kier alpha value is 5.20. The van der Waals surface area contributed by atoms with Crippen LogP contribution >= 0.6 is 119 Å². The Morgan fingerprint density at radius 1 is 0.868 bits per heavy atom. The molecule has 0 aromatic rings. The summed E-state index contributed by atoms with van der Waals surface area (Å²) in [5.41, 5.74) is 0. The van der Waals surface area contributed by atoms with Gasteiger partial charge >= 0.3 is 251 Å². The van der Waals surface area contributed by atoms with E-state index in [4.69, 9.17) is 3.07 Å². The molecule has 0 atom stereocenters. The van der Waals surface area contributed by atoms with E-state index in [0.29, 0.717) is 0 Å². The van der Waals surface area contributed by atoms with Gasteiger partial charge in [-0.1, -0.05) is 7.43 Å². The van der Waals surface area contributed by atoms with Gasteiger partial charge in [0.15, 0.2) is 0 Å². The first-order valence-corrected chi connectivity index (χ1v) is 52.8. The Morgan fingerprint density at radius 2 is 1.18 bits per heavy atom. The largest absolute Gasteiger partial charge is 0.179 e. The smallest absolute Gasteiger partial charge is 0.000932 e. The van der Waals surface area contributed by atoms with E-state index in [2.05, 4.69) is 104 Å². The molecule has 38 heavy (non-hydrogen) atoms. The van der Waals surface area contributed by atoms with Gasteiger partial charge < -0.3 is 0 Å². The molecule has 13 nitrogen and oxygen atoms in total. The standard InChI is InChI=1S/C2H5I2O.4C2H6S2.CH4.3Bi.HI.3NO3/c1-2-5-4-3;4*3-1-2-4;;;;;;3*2-1(3)4/h2H2,1H3;4*3-4H,1-2H2;1H4;;;;1H;;;/q-1;;;;;;3*+3;;3*-1/p-6. The second-order valence-corrected chi connectivity index (χ2v) is 69.2. The minimum atomic E-state index is -4.64. The van der Waals surface area contributed by atoms with Gasteiger partial charge in [-0.2, -0.15) is 25.3 Å².